The summed E-state index contributed by atoms with van der Waals surface area (Å²) >= 11 is 3.16. The van der Waals surface area contributed by atoms with E-state index in [9.17, 15) is 14.0 Å². The molecule has 18 heavy (non-hydrogen) atoms. The van der Waals surface area contributed by atoms with E-state index in [-0.39, 0.29) is 18.8 Å². The zero-order valence-corrected chi connectivity index (χ0v) is 11.3. The van der Waals surface area contributed by atoms with Gasteiger partial charge in [0.25, 0.3) is 0 Å². The highest BCUT2D eigenvalue weighted by Gasteiger charge is 2.10. The molecule has 0 aromatic heterocycles. The molecule has 0 bridgehead atoms. The smallest absolute Gasteiger partial charge is 0.318 e. The molecule has 0 aliphatic carbocycles. The molecule has 3 N–H and O–H groups in total. The largest absolute Gasteiger partial charge is 0.372 e. The second kappa shape index (κ2) is 6.34. The van der Waals surface area contributed by atoms with Gasteiger partial charge in [-0.15, -0.1) is 0 Å². The average Bonchev–Trinajstić information content (AvgIpc) is 2.25. The summed E-state index contributed by atoms with van der Waals surface area (Å²) in [6, 6.07) is 3.76. The Bertz CT molecular complexity index is 468. The topological polar surface area (TPSA) is 75.4 Å². The van der Waals surface area contributed by atoms with Crippen LogP contribution in [0.5, 0.6) is 0 Å². The van der Waals surface area contributed by atoms with Crippen molar-refractivity contribution in [3.63, 3.8) is 0 Å². The van der Waals surface area contributed by atoms with Crippen molar-refractivity contribution in [2.75, 3.05) is 18.5 Å². The van der Waals surface area contributed by atoms with Gasteiger partial charge in [0.2, 0.25) is 5.91 Å². The van der Waals surface area contributed by atoms with Crippen LogP contribution in [0.1, 0.15) is 6.42 Å². The second-order valence-electron chi connectivity index (χ2n) is 3.68. The van der Waals surface area contributed by atoms with E-state index in [0.717, 1.165) is 0 Å². The van der Waals surface area contributed by atoms with Crippen LogP contribution in [0.15, 0.2) is 22.7 Å². The number of carbonyl (C=O) groups excluding carboxylic acids is 2. The number of nitrogens with two attached hydrogens (primary N) is 1. The predicted octanol–water partition coefficient (Wildman–Crippen LogP) is 1.61. The fraction of sp³-hybridized carbons (Fsp3) is 0.273. The first kappa shape index (κ1) is 14.4. The maximum absolute atomic E-state index is 13.6. The standard InChI is InChI=1S/C11H13BrFN3O2/c1-16(5-4-10(17)15-11(14)18)9-3-2-7(12)6-8(9)13/h2-3,6H,4-5H2,1H3,(H3,14,15,17,18). The summed E-state index contributed by atoms with van der Waals surface area (Å²) in [7, 11) is 1.66. The Morgan fingerprint density at radius 1 is 1.50 bits per heavy atom. The number of amides is 3. The van der Waals surface area contributed by atoms with Crippen LogP contribution in [-0.4, -0.2) is 25.5 Å². The van der Waals surface area contributed by atoms with E-state index in [2.05, 4.69) is 15.9 Å². The van der Waals surface area contributed by atoms with Crippen molar-refractivity contribution in [1.29, 1.82) is 0 Å². The molecule has 3 amide bonds. The predicted molar refractivity (Wildman–Crippen MR) is 69.7 cm³/mol. The molecule has 0 spiro atoms. The van der Waals surface area contributed by atoms with Crippen LogP contribution in [0.3, 0.4) is 0 Å². The minimum atomic E-state index is -0.891. The van der Waals surface area contributed by atoms with E-state index in [1.54, 1.807) is 24.1 Å². The Morgan fingerprint density at radius 2 is 2.17 bits per heavy atom. The van der Waals surface area contributed by atoms with E-state index in [1.165, 1.54) is 6.07 Å². The molecule has 1 rings (SSSR count). The summed E-state index contributed by atoms with van der Waals surface area (Å²) in [5, 5.41) is 1.95. The first-order chi connectivity index (χ1) is 8.40. The quantitative estimate of drug-likeness (QED) is 0.885. The summed E-state index contributed by atoms with van der Waals surface area (Å²) in [4.78, 5) is 23.2. The maximum Gasteiger partial charge on any atom is 0.318 e. The summed E-state index contributed by atoms with van der Waals surface area (Å²) in [6.07, 6.45) is 0.0505. The lowest BCUT2D eigenvalue weighted by molar-refractivity contribution is -0.119. The van der Waals surface area contributed by atoms with Crippen LogP contribution in [-0.2, 0) is 4.79 Å². The summed E-state index contributed by atoms with van der Waals surface area (Å²) in [5.74, 6) is -0.881. The van der Waals surface area contributed by atoms with Crippen LogP contribution < -0.4 is 16.0 Å². The highest BCUT2D eigenvalue weighted by molar-refractivity contribution is 9.10. The first-order valence-corrected chi connectivity index (χ1v) is 5.95. The number of anilines is 1. The van der Waals surface area contributed by atoms with Crippen molar-refractivity contribution in [3.8, 4) is 0 Å². The van der Waals surface area contributed by atoms with Gasteiger partial charge in [0.1, 0.15) is 5.82 Å². The van der Waals surface area contributed by atoms with Gasteiger partial charge in [0.05, 0.1) is 5.69 Å². The van der Waals surface area contributed by atoms with Gasteiger partial charge in [-0.3, -0.25) is 10.1 Å². The van der Waals surface area contributed by atoms with Crippen LogP contribution >= 0.6 is 15.9 Å². The van der Waals surface area contributed by atoms with Gasteiger partial charge in [0.15, 0.2) is 0 Å². The molecule has 0 heterocycles. The minimum absolute atomic E-state index is 0.0505. The van der Waals surface area contributed by atoms with Crippen molar-refractivity contribution in [3.05, 3.63) is 28.5 Å². The van der Waals surface area contributed by atoms with Gasteiger partial charge in [-0.25, -0.2) is 9.18 Å². The zero-order chi connectivity index (χ0) is 13.7. The molecular formula is C11H13BrFN3O2. The molecule has 0 saturated carbocycles. The monoisotopic (exact) mass is 317 g/mol. The van der Waals surface area contributed by atoms with Crippen molar-refractivity contribution < 1.29 is 14.0 Å². The molecule has 0 atom stereocenters. The number of hydrogen-bond donors (Lipinski definition) is 2. The Labute approximate surface area is 112 Å². The molecule has 1 aromatic carbocycles. The molecule has 0 unspecified atom stereocenters. The second-order valence-corrected chi connectivity index (χ2v) is 4.60. The van der Waals surface area contributed by atoms with E-state index in [4.69, 9.17) is 5.73 Å². The molecule has 7 heteroatoms. The van der Waals surface area contributed by atoms with Crippen LogP contribution in [0.4, 0.5) is 14.9 Å². The lowest BCUT2D eigenvalue weighted by atomic mass is 10.2. The van der Waals surface area contributed by atoms with Gasteiger partial charge in [0, 0.05) is 24.5 Å². The Balaban J connectivity index is 2.57. The first-order valence-electron chi connectivity index (χ1n) is 5.15. The van der Waals surface area contributed by atoms with Gasteiger partial charge < -0.3 is 10.6 Å². The molecule has 1 aromatic rings. The Morgan fingerprint density at radius 3 is 2.72 bits per heavy atom. The van der Waals surface area contributed by atoms with Crippen molar-refractivity contribution in [2.45, 2.75) is 6.42 Å². The minimum Gasteiger partial charge on any atom is -0.372 e. The molecule has 0 radical (unpaired) electrons. The third kappa shape index (κ3) is 4.33. The molecule has 0 aliphatic rings. The normalized spacial score (nSPS) is 9.94. The number of carbonyl (C=O) groups is 2. The van der Waals surface area contributed by atoms with Crippen molar-refractivity contribution in [1.82, 2.24) is 5.32 Å². The molecule has 0 fully saturated rings. The number of hydrogen-bond acceptors (Lipinski definition) is 3. The van der Waals surface area contributed by atoms with Crippen molar-refractivity contribution >= 4 is 33.6 Å². The number of halogens is 2. The number of primary amides is 1. The van der Waals surface area contributed by atoms with Gasteiger partial charge in [-0.05, 0) is 18.2 Å². The molecule has 0 aliphatic heterocycles. The van der Waals surface area contributed by atoms with E-state index in [1.807, 2.05) is 5.32 Å². The third-order valence-corrected chi connectivity index (χ3v) is 2.75. The van der Waals surface area contributed by atoms with Crippen LogP contribution in [0, 0.1) is 5.82 Å². The molecule has 98 valence electrons. The van der Waals surface area contributed by atoms with E-state index in [0.29, 0.717) is 10.2 Å². The van der Waals surface area contributed by atoms with Crippen LogP contribution in [0.2, 0.25) is 0 Å². The number of nitrogens with one attached hydrogen (secondary N) is 1. The number of rotatable bonds is 4. The lowest BCUT2D eigenvalue weighted by Crippen LogP contribution is -2.36. The fourth-order valence-electron chi connectivity index (χ4n) is 1.38. The number of imide groups is 1. The molecular weight excluding hydrogens is 305 g/mol. The number of nitrogens with zero attached hydrogens (tertiary/aromatic N) is 1. The number of benzene rings is 1. The van der Waals surface area contributed by atoms with Gasteiger partial charge in [-0.2, -0.15) is 0 Å². The highest BCUT2D eigenvalue weighted by Crippen LogP contribution is 2.22. The fourth-order valence-corrected chi connectivity index (χ4v) is 1.71. The van der Waals surface area contributed by atoms with Gasteiger partial charge >= 0.3 is 6.03 Å². The SMILES string of the molecule is CN(CCC(=O)NC(N)=O)c1ccc(Br)cc1F. The maximum atomic E-state index is 13.6. The third-order valence-electron chi connectivity index (χ3n) is 2.26. The van der Waals surface area contributed by atoms with E-state index >= 15 is 0 Å². The Hall–Kier alpha value is -1.63. The zero-order valence-electron chi connectivity index (χ0n) is 9.74. The van der Waals surface area contributed by atoms with E-state index < -0.39 is 11.9 Å². The highest BCUT2D eigenvalue weighted by atomic mass is 79.9. The Kier molecular flexibility index (Phi) is 5.08. The summed E-state index contributed by atoms with van der Waals surface area (Å²) in [6.45, 7) is 0.275. The molecule has 0 saturated heterocycles. The van der Waals surface area contributed by atoms with Crippen LogP contribution in [0.25, 0.3) is 0 Å². The summed E-state index contributed by atoms with van der Waals surface area (Å²) in [5.41, 5.74) is 5.18. The lowest BCUT2D eigenvalue weighted by Gasteiger charge is -2.19. The summed E-state index contributed by atoms with van der Waals surface area (Å²) < 4.78 is 14.2. The molecule has 5 nitrogen and oxygen atoms in total. The van der Waals surface area contributed by atoms with Gasteiger partial charge in [-0.1, -0.05) is 15.9 Å². The number of urea groups is 1. The van der Waals surface area contributed by atoms with Crippen molar-refractivity contribution in [2.24, 2.45) is 5.73 Å². The average molecular weight is 318 g/mol.